The Hall–Kier alpha value is -2.12. The number of aromatic amines is 1. The number of rotatable bonds is 5. The van der Waals surface area contributed by atoms with Gasteiger partial charge in [-0.25, -0.2) is 4.98 Å². The van der Waals surface area contributed by atoms with Gasteiger partial charge in [0.25, 0.3) is 5.56 Å². The summed E-state index contributed by atoms with van der Waals surface area (Å²) in [5.74, 6) is -0.0900. The highest BCUT2D eigenvalue weighted by Crippen LogP contribution is 2.22. The third kappa shape index (κ3) is 3.80. The molecule has 0 radical (unpaired) electrons. The monoisotopic (exact) mass is 345 g/mol. The first-order valence-corrected chi connectivity index (χ1v) is 8.85. The number of hydrogen-bond acceptors (Lipinski definition) is 5. The number of aromatic nitrogens is 2. The van der Waals surface area contributed by atoms with Gasteiger partial charge in [0, 0.05) is 6.54 Å². The molecule has 0 spiro atoms. The number of benzene rings is 1. The van der Waals surface area contributed by atoms with E-state index < -0.39 is 0 Å². The van der Waals surface area contributed by atoms with Crippen LogP contribution in [-0.2, 0) is 11.3 Å². The Bertz CT molecular complexity index is 874. The molecule has 0 fully saturated rings. The summed E-state index contributed by atoms with van der Waals surface area (Å²) >= 11 is 2.66. The Kier molecular flexibility index (Phi) is 4.78. The summed E-state index contributed by atoms with van der Waals surface area (Å²) in [6.07, 6.45) is 0. The number of thioether (sulfide) groups is 1. The van der Waals surface area contributed by atoms with E-state index in [4.69, 9.17) is 0 Å². The first-order valence-electron chi connectivity index (χ1n) is 7.09. The SMILES string of the molecule is C[C@H](Sc1nc2sccc2c(=O)[nH]1)C(=O)NCc1ccccc1. The summed E-state index contributed by atoms with van der Waals surface area (Å²) in [6, 6.07) is 11.5. The van der Waals surface area contributed by atoms with Gasteiger partial charge in [-0.3, -0.25) is 9.59 Å². The van der Waals surface area contributed by atoms with Gasteiger partial charge in [-0.1, -0.05) is 42.1 Å². The summed E-state index contributed by atoms with van der Waals surface area (Å²) in [5.41, 5.74) is 0.875. The van der Waals surface area contributed by atoms with Crippen LogP contribution in [0.1, 0.15) is 12.5 Å². The van der Waals surface area contributed by atoms with E-state index in [0.717, 1.165) is 5.56 Å². The second kappa shape index (κ2) is 6.97. The van der Waals surface area contributed by atoms with E-state index in [9.17, 15) is 9.59 Å². The Morgan fingerprint density at radius 2 is 2.13 bits per heavy atom. The molecular formula is C16H15N3O2S2. The molecule has 0 saturated carbocycles. The standard InChI is InChI=1S/C16H15N3O2S2/c1-10(13(20)17-9-11-5-3-2-4-6-11)23-16-18-14(21)12-7-8-22-15(12)19-16/h2-8,10H,9H2,1H3,(H,17,20)(H,18,19,21)/t10-/m0/s1. The number of amides is 1. The lowest BCUT2D eigenvalue weighted by Crippen LogP contribution is -2.30. The van der Waals surface area contributed by atoms with Crippen LogP contribution < -0.4 is 10.9 Å². The molecule has 2 aromatic heterocycles. The lowest BCUT2D eigenvalue weighted by molar-refractivity contribution is -0.120. The lowest BCUT2D eigenvalue weighted by Gasteiger charge is -2.11. The molecule has 0 aliphatic carbocycles. The Balaban J connectivity index is 1.64. The number of nitrogens with one attached hydrogen (secondary N) is 2. The van der Waals surface area contributed by atoms with Crippen LogP contribution in [0.25, 0.3) is 10.2 Å². The van der Waals surface area contributed by atoms with E-state index in [1.807, 2.05) is 35.7 Å². The molecule has 0 unspecified atom stereocenters. The molecular weight excluding hydrogens is 330 g/mol. The molecule has 1 amide bonds. The third-order valence-corrected chi connectivity index (χ3v) is 5.07. The van der Waals surface area contributed by atoms with Crippen molar-refractivity contribution in [3.63, 3.8) is 0 Å². The lowest BCUT2D eigenvalue weighted by atomic mass is 10.2. The zero-order chi connectivity index (χ0) is 16.2. The van der Waals surface area contributed by atoms with Crippen molar-refractivity contribution >= 4 is 39.2 Å². The van der Waals surface area contributed by atoms with E-state index in [-0.39, 0.29) is 16.7 Å². The summed E-state index contributed by atoms with van der Waals surface area (Å²) in [7, 11) is 0. The minimum Gasteiger partial charge on any atom is -0.351 e. The van der Waals surface area contributed by atoms with Crippen molar-refractivity contribution in [1.29, 1.82) is 0 Å². The van der Waals surface area contributed by atoms with Gasteiger partial charge in [-0.2, -0.15) is 0 Å². The number of hydrogen-bond donors (Lipinski definition) is 2. The van der Waals surface area contributed by atoms with Crippen molar-refractivity contribution in [3.8, 4) is 0 Å². The number of nitrogens with zero attached hydrogens (tertiary/aromatic N) is 1. The van der Waals surface area contributed by atoms with Crippen molar-refractivity contribution in [2.75, 3.05) is 0 Å². The summed E-state index contributed by atoms with van der Waals surface area (Å²) in [5, 5.41) is 5.42. The van der Waals surface area contributed by atoms with E-state index in [2.05, 4.69) is 15.3 Å². The molecule has 2 N–H and O–H groups in total. The Morgan fingerprint density at radius 1 is 1.35 bits per heavy atom. The van der Waals surface area contributed by atoms with Crippen molar-refractivity contribution in [3.05, 3.63) is 57.7 Å². The average molecular weight is 345 g/mol. The van der Waals surface area contributed by atoms with Crippen molar-refractivity contribution < 1.29 is 4.79 Å². The quantitative estimate of drug-likeness (QED) is 0.551. The predicted molar refractivity (Wildman–Crippen MR) is 93.8 cm³/mol. The third-order valence-electron chi connectivity index (χ3n) is 3.28. The number of carbonyl (C=O) groups is 1. The summed E-state index contributed by atoms with van der Waals surface area (Å²) in [6.45, 7) is 2.28. The molecule has 0 bridgehead atoms. The van der Waals surface area contributed by atoms with Crippen molar-refractivity contribution in [1.82, 2.24) is 15.3 Å². The van der Waals surface area contributed by atoms with Crippen molar-refractivity contribution in [2.45, 2.75) is 23.9 Å². The van der Waals surface area contributed by atoms with Crippen LogP contribution in [0.3, 0.4) is 0 Å². The van der Waals surface area contributed by atoms with E-state index in [1.165, 1.54) is 23.1 Å². The highest BCUT2D eigenvalue weighted by molar-refractivity contribution is 8.00. The number of H-pyrrole nitrogens is 1. The average Bonchev–Trinajstić information content (AvgIpc) is 3.02. The van der Waals surface area contributed by atoms with Gasteiger partial charge in [-0.05, 0) is 23.9 Å². The molecule has 3 aromatic rings. The van der Waals surface area contributed by atoms with Gasteiger partial charge >= 0.3 is 0 Å². The largest absolute Gasteiger partial charge is 0.351 e. The van der Waals surface area contributed by atoms with Crippen LogP contribution in [0.5, 0.6) is 0 Å². The van der Waals surface area contributed by atoms with Crippen LogP contribution >= 0.6 is 23.1 Å². The van der Waals surface area contributed by atoms with Crippen LogP contribution in [-0.4, -0.2) is 21.1 Å². The highest BCUT2D eigenvalue weighted by Gasteiger charge is 2.16. The van der Waals surface area contributed by atoms with Gasteiger partial charge in [-0.15, -0.1) is 11.3 Å². The predicted octanol–water partition coefficient (Wildman–Crippen LogP) is 2.78. The molecule has 7 heteroatoms. The minimum absolute atomic E-state index is 0.0900. The van der Waals surface area contributed by atoms with Crippen LogP contribution in [0.15, 0.2) is 51.7 Å². The first-order chi connectivity index (χ1) is 11.1. The summed E-state index contributed by atoms with van der Waals surface area (Å²) < 4.78 is 0. The molecule has 0 aliphatic heterocycles. The number of carbonyl (C=O) groups excluding carboxylic acids is 1. The maximum absolute atomic E-state index is 12.2. The Labute approximate surface area is 141 Å². The highest BCUT2D eigenvalue weighted by atomic mass is 32.2. The van der Waals surface area contributed by atoms with E-state index in [1.54, 1.807) is 13.0 Å². The topological polar surface area (TPSA) is 74.8 Å². The fourth-order valence-electron chi connectivity index (χ4n) is 2.05. The maximum atomic E-state index is 12.2. The number of thiophene rings is 1. The van der Waals surface area contributed by atoms with E-state index >= 15 is 0 Å². The molecule has 1 aromatic carbocycles. The van der Waals surface area contributed by atoms with Gasteiger partial charge in [0.15, 0.2) is 5.16 Å². The molecule has 23 heavy (non-hydrogen) atoms. The second-order valence-corrected chi connectivity index (χ2v) is 7.20. The Morgan fingerprint density at radius 3 is 2.91 bits per heavy atom. The molecule has 0 saturated heterocycles. The van der Waals surface area contributed by atoms with E-state index in [0.29, 0.717) is 21.9 Å². The van der Waals surface area contributed by atoms with Gasteiger partial charge in [0.2, 0.25) is 5.91 Å². The van der Waals surface area contributed by atoms with Gasteiger partial charge in [0.05, 0.1) is 10.6 Å². The summed E-state index contributed by atoms with van der Waals surface area (Å²) in [4.78, 5) is 31.9. The van der Waals surface area contributed by atoms with Gasteiger partial charge < -0.3 is 10.3 Å². The fraction of sp³-hybridized carbons (Fsp3) is 0.188. The zero-order valence-electron chi connectivity index (χ0n) is 12.4. The van der Waals surface area contributed by atoms with Crippen LogP contribution in [0.4, 0.5) is 0 Å². The zero-order valence-corrected chi connectivity index (χ0v) is 14.0. The molecule has 1 atom stereocenters. The molecule has 2 heterocycles. The molecule has 0 aliphatic rings. The minimum atomic E-state index is -0.348. The normalized spacial score (nSPS) is 12.2. The van der Waals surface area contributed by atoms with Crippen LogP contribution in [0.2, 0.25) is 0 Å². The van der Waals surface area contributed by atoms with Crippen LogP contribution in [0, 0.1) is 0 Å². The smallest absolute Gasteiger partial charge is 0.260 e. The fourth-order valence-corrected chi connectivity index (χ4v) is 3.69. The molecule has 118 valence electrons. The maximum Gasteiger partial charge on any atom is 0.260 e. The first kappa shape index (κ1) is 15.8. The number of fused-ring (bicyclic) bond motifs is 1. The molecule has 5 nitrogen and oxygen atoms in total. The van der Waals surface area contributed by atoms with Crippen molar-refractivity contribution in [2.24, 2.45) is 0 Å². The second-order valence-electron chi connectivity index (χ2n) is 4.97. The molecule has 3 rings (SSSR count). The van der Waals surface area contributed by atoms with Gasteiger partial charge in [0.1, 0.15) is 4.83 Å².